The minimum Gasteiger partial charge on any atom is -0.486 e. The van der Waals surface area contributed by atoms with E-state index in [1.54, 1.807) is 0 Å². The van der Waals surface area contributed by atoms with Crippen molar-refractivity contribution in [2.75, 3.05) is 45.9 Å². The van der Waals surface area contributed by atoms with Crippen molar-refractivity contribution in [1.82, 2.24) is 19.8 Å². The maximum atomic E-state index is 5.63. The Bertz CT molecular complexity index is 618. The molecule has 0 saturated carbocycles. The summed E-state index contributed by atoms with van der Waals surface area (Å²) in [6.07, 6.45) is 0. The second-order valence-corrected chi connectivity index (χ2v) is 5.91. The maximum absolute atomic E-state index is 5.63. The Morgan fingerprint density at radius 2 is 1.73 bits per heavy atom. The van der Waals surface area contributed by atoms with E-state index in [-0.39, 0.29) is 0 Å². The number of nitrogens with zero attached hydrogens (tertiary/aromatic N) is 3. The molecule has 1 saturated heterocycles. The Morgan fingerprint density at radius 1 is 1.05 bits per heavy atom. The monoisotopic (exact) mass is 302 g/mol. The molecule has 0 aliphatic carbocycles. The third-order valence-corrected chi connectivity index (χ3v) is 4.48. The van der Waals surface area contributed by atoms with E-state index in [1.807, 2.05) is 12.1 Å². The molecular formula is C16H22N4O2. The van der Waals surface area contributed by atoms with Gasteiger partial charge in [0.15, 0.2) is 11.5 Å². The standard InChI is InChI=1S/C16H22N4O2/c1-2-19-3-5-20(6-4-19)11-16-17-12-9-14-15(10-13(12)18-16)22-8-7-21-14/h9-10H,2-8,11H2,1H3,(H,17,18). The number of rotatable bonds is 3. The molecule has 0 amide bonds. The zero-order chi connectivity index (χ0) is 14.9. The van der Waals surface area contributed by atoms with Gasteiger partial charge in [0.2, 0.25) is 0 Å². The van der Waals surface area contributed by atoms with Gasteiger partial charge in [-0.05, 0) is 6.54 Å². The molecule has 1 N–H and O–H groups in total. The van der Waals surface area contributed by atoms with Crippen molar-refractivity contribution in [3.63, 3.8) is 0 Å². The minimum atomic E-state index is 0.609. The highest BCUT2D eigenvalue weighted by Crippen LogP contribution is 2.33. The van der Waals surface area contributed by atoms with Gasteiger partial charge >= 0.3 is 0 Å². The highest BCUT2D eigenvalue weighted by molar-refractivity contribution is 5.79. The van der Waals surface area contributed by atoms with Crippen LogP contribution >= 0.6 is 0 Å². The number of ether oxygens (including phenoxy) is 2. The second kappa shape index (κ2) is 5.78. The summed E-state index contributed by atoms with van der Waals surface area (Å²) in [5.41, 5.74) is 1.97. The molecule has 2 aliphatic heterocycles. The number of piperazine rings is 1. The van der Waals surface area contributed by atoms with Crippen molar-refractivity contribution in [3.8, 4) is 11.5 Å². The molecular weight excluding hydrogens is 280 g/mol. The third-order valence-electron chi connectivity index (χ3n) is 4.48. The number of likely N-dealkylation sites (N-methyl/N-ethyl adjacent to an activating group) is 1. The number of H-pyrrole nitrogens is 1. The first-order chi connectivity index (χ1) is 10.8. The third kappa shape index (κ3) is 2.64. The van der Waals surface area contributed by atoms with Crippen LogP contribution in [0.25, 0.3) is 11.0 Å². The average Bonchev–Trinajstić information content (AvgIpc) is 2.94. The van der Waals surface area contributed by atoms with Gasteiger partial charge in [-0.1, -0.05) is 6.92 Å². The molecule has 118 valence electrons. The topological polar surface area (TPSA) is 53.6 Å². The van der Waals surface area contributed by atoms with Crippen molar-refractivity contribution < 1.29 is 9.47 Å². The van der Waals surface area contributed by atoms with Crippen LogP contribution < -0.4 is 9.47 Å². The number of hydrogen-bond donors (Lipinski definition) is 1. The number of hydrogen-bond acceptors (Lipinski definition) is 5. The van der Waals surface area contributed by atoms with Crippen LogP contribution in [0, 0.1) is 0 Å². The SMILES string of the molecule is CCN1CCN(Cc2nc3cc4c(cc3[nH]2)OCCO4)CC1. The van der Waals surface area contributed by atoms with Crippen LogP contribution in [0.3, 0.4) is 0 Å². The number of benzene rings is 1. The number of nitrogens with one attached hydrogen (secondary N) is 1. The summed E-state index contributed by atoms with van der Waals surface area (Å²) in [5, 5.41) is 0. The molecule has 1 aromatic carbocycles. The van der Waals surface area contributed by atoms with Crippen LogP contribution in [-0.4, -0.2) is 65.7 Å². The fraction of sp³-hybridized carbons (Fsp3) is 0.562. The fourth-order valence-corrected chi connectivity index (χ4v) is 3.15. The first kappa shape index (κ1) is 13.8. The van der Waals surface area contributed by atoms with Crippen LogP contribution in [0.1, 0.15) is 12.7 Å². The van der Waals surface area contributed by atoms with Crippen molar-refractivity contribution in [1.29, 1.82) is 0 Å². The molecule has 0 bridgehead atoms. The molecule has 0 atom stereocenters. The lowest BCUT2D eigenvalue weighted by molar-refractivity contribution is 0.130. The Morgan fingerprint density at radius 3 is 2.45 bits per heavy atom. The van der Waals surface area contributed by atoms with Gasteiger partial charge in [-0.15, -0.1) is 0 Å². The molecule has 1 aromatic heterocycles. The molecule has 2 aliphatic rings. The van der Waals surface area contributed by atoms with Crippen LogP contribution in [-0.2, 0) is 6.54 Å². The van der Waals surface area contributed by atoms with E-state index in [0.29, 0.717) is 13.2 Å². The van der Waals surface area contributed by atoms with E-state index < -0.39 is 0 Å². The van der Waals surface area contributed by atoms with Gasteiger partial charge in [-0.2, -0.15) is 0 Å². The highest BCUT2D eigenvalue weighted by Gasteiger charge is 2.18. The van der Waals surface area contributed by atoms with Crippen molar-refractivity contribution in [3.05, 3.63) is 18.0 Å². The zero-order valence-electron chi connectivity index (χ0n) is 13.0. The van der Waals surface area contributed by atoms with Gasteiger partial charge in [0, 0.05) is 38.3 Å². The molecule has 0 radical (unpaired) electrons. The molecule has 2 aromatic rings. The molecule has 6 nitrogen and oxygen atoms in total. The number of aromatic amines is 1. The Balaban J connectivity index is 1.50. The smallest absolute Gasteiger partial charge is 0.163 e. The van der Waals surface area contributed by atoms with Gasteiger partial charge in [0.1, 0.15) is 19.0 Å². The Kier molecular flexibility index (Phi) is 3.63. The summed E-state index contributed by atoms with van der Waals surface area (Å²) in [7, 11) is 0. The lowest BCUT2D eigenvalue weighted by atomic mass is 10.2. The normalized spacial score (nSPS) is 19.7. The van der Waals surface area contributed by atoms with Crippen molar-refractivity contribution in [2.45, 2.75) is 13.5 Å². The first-order valence-corrected chi connectivity index (χ1v) is 8.05. The van der Waals surface area contributed by atoms with Crippen LogP contribution in [0.2, 0.25) is 0 Å². The predicted octanol–water partition coefficient (Wildman–Crippen LogP) is 1.47. The molecule has 0 unspecified atom stereocenters. The Hall–Kier alpha value is -1.79. The zero-order valence-corrected chi connectivity index (χ0v) is 13.0. The number of aromatic nitrogens is 2. The maximum Gasteiger partial charge on any atom is 0.163 e. The minimum absolute atomic E-state index is 0.609. The highest BCUT2D eigenvalue weighted by atomic mass is 16.6. The average molecular weight is 302 g/mol. The molecule has 6 heteroatoms. The fourth-order valence-electron chi connectivity index (χ4n) is 3.15. The van der Waals surface area contributed by atoms with E-state index in [1.165, 1.54) is 0 Å². The van der Waals surface area contributed by atoms with Gasteiger partial charge < -0.3 is 19.4 Å². The molecule has 1 fully saturated rings. The number of imidazole rings is 1. The number of fused-ring (bicyclic) bond motifs is 2. The first-order valence-electron chi connectivity index (χ1n) is 8.05. The van der Waals surface area contributed by atoms with Gasteiger partial charge in [0.25, 0.3) is 0 Å². The second-order valence-electron chi connectivity index (χ2n) is 5.91. The molecule has 4 rings (SSSR count). The predicted molar refractivity (Wildman–Crippen MR) is 84.5 cm³/mol. The van der Waals surface area contributed by atoms with E-state index >= 15 is 0 Å². The van der Waals surface area contributed by atoms with E-state index in [2.05, 4.69) is 21.7 Å². The lowest BCUT2D eigenvalue weighted by Gasteiger charge is -2.33. The summed E-state index contributed by atoms with van der Waals surface area (Å²) in [6.45, 7) is 9.96. The largest absolute Gasteiger partial charge is 0.486 e. The summed E-state index contributed by atoms with van der Waals surface area (Å²) in [5.74, 6) is 2.63. The quantitative estimate of drug-likeness (QED) is 0.930. The lowest BCUT2D eigenvalue weighted by Crippen LogP contribution is -2.45. The van der Waals surface area contributed by atoms with Crippen molar-refractivity contribution in [2.24, 2.45) is 0 Å². The van der Waals surface area contributed by atoms with Crippen molar-refractivity contribution >= 4 is 11.0 Å². The van der Waals surface area contributed by atoms with Crippen LogP contribution in [0.5, 0.6) is 11.5 Å². The van der Waals surface area contributed by atoms with E-state index in [0.717, 1.165) is 67.6 Å². The molecule has 22 heavy (non-hydrogen) atoms. The molecule has 0 spiro atoms. The Labute approximate surface area is 130 Å². The molecule has 3 heterocycles. The van der Waals surface area contributed by atoms with Gasteiger partial charge in [-0.25, -0.2) is 4.98 Å². The summed E-state index contributed by atoms with van der Waals surface area (Å²) < 4.78 is 11.2. The summed E-state index contributed by atoms with van der Waals surface area (Å²) in [6, 6.07) is 3.97. The van der Waals surface area contributed by atoms with Gasteiger partial charge in [0.05, 0.1) is 17.6 Å². The van der Waals surface area contributed by atoms with Crippen LogP contribution in [0.15, 0.2) is 12.1 Å². The van der Waals surface area contributed by atoms with E-state index in [9.17, 15) is 0 Å². The summed E-state index contributed by atoms with van der Waals surface area (Å²) in [4.78, 5) is 13.1. The van der Waals surface area contributed by atoms with Gasteiger partial charge in [-0.3, -0.25) is 4.90 Å². The summed E-state index contributed by atoms with van der Waals surface area (Å²) >= 11 is 0. The van der Waals surface area contributed by atoms with E-state index in [4.69, 9.17) is 14.5 Å². The van der Waals surface area contributed by atoms with Crippen LogP contribution in [0.4, 0.5) is 0 Å².